The summed E-state index contributed by atoms with van der Waals surface area (Å²) >= 11 is 0. The second-order valence-corrected chi connectivity index (χ2v) is 37.5. The maximum atomic E-state index is 14.5. The fraction of sp³-hybridized carbons (Fsp3) is 0.753. The molecule has 13 aliphatic rings. The highest BCUT2D eigenvalue weighted by Gasteiger charge is 2.54. The van der Waals surface area contributed by atoms with Crippen LogP contribution in [0.3, 0.4) is 0 Å². The average Bonchev–Trinajstić information content (AvgIpc) is 1.65. The van der Waals surface area contributed by atoms with Crippen LogP contribution >= 0.6 is 0 Å². The van der Waals surface area contributed by atoms with Gasteiger partial charge in [0.25, 0.3) is 0 Å². The van der Waals surface area contributed by atoms with Gasteiger partial charge in [0, 0.05) is 124 Å². The highest BCUT2D eigenvalue weighted by Crippen LogP contribution is 2.34. The number of likely N-dealkylation sites (tertiary alicyclic amines) is 12. The van der Waals surface area contributed by atoms with Crippen LogP contribution < -0.4 is 53.6 Å². The number of aliphatic carboxylic acids is 1. The van der Waals surface area contributed by atoms with Crippen LogP contribution in [0.1, 0.15) is 141 Å². The Hall–Kier alpha value is -11.5. The number of carboxylic acids is 1. The largest absolute Gasteiger partial charge is 0.480 e. The summed E-state index contributed by atoms with van der Waals surface area (Å²) in [7, 11) is 0. The molecule has 13 fully saturated rings. The Balaban J connectivity index is 0.539. The van der Waals surface area contributed by atoms with Gasteiger partial charge < -0.3 is 153 Å². The molecule has 20 amide bonds. The van der Waals surface area contributed by atoms with E-state index in [1.54, 1.807) is 0 Å². The van der Waals surface area contributed by atoms with Gasteiger partial charge in [-0.1, -0.05) is 0 Å². The highest BCUT2D eigenvalue weighted by atomic mass is 16.4. The molecule has 136 heavy (non-hydrogen) atoms. The Kier molecular flexibility index (Phi) is 33.9. The van der Waals surface area contributed by atoms with E-state index >= 15 is 0 Å². The molecule has 0 bridgehead atoms. The van der Waals surface area contributed by atoms with Crippen molar-refractivity contribution in [3.63, 3.8) is 0 Å². The highest BCUT2D eigenvalue weighted by molar-refractivity contribution is 6.02. The van der Waals surface area contributed by atoms with Crippen LogP contribution in [0, 0.1) is 0 Å². The average molecular weight is 1920 g/mol. The maximum absolute atomic E-state index is 14.5. The number of hydrogen-bond donors (Lipinski definition) is 18. The van der Waals surface area contributed by atoms with Gasteiger partial charge in [-0.3, -0.25) is 101 Å². The monoisotopic (exact) mass is 1920 g/mol. The van der Waals surface area contributed by atoms with Gasteiger partial charge >= 0.3 is 5.97 Å². The second kappa shape index (κ2) is 45.2. The number of unbranched alkanes of at least 4 members (excludes halogenated alkanes) is 1. The minimum Gasteiger partial charge on any atom is -0.480 e. The van der Waals surface area contributed by atoms with Gasteiger partial charge in [0.2, 0.25) is 118 Å². The number of carbonyl (C=O) groups excluding carboxylic acids is 20. The Morgan fingerprint density at radius 2 is 0.522 bits per heavy atom. The number of carboxylic acid groups (broad SMARTS) is 1. The number of rotatable bonds is 33. The summed E-state index contributed by atoms with van der Waals surface area (Å²) in [5.74, 6) is -16.0. The normalized spacial score (nSPS) is 30.0. The first kappa shape index (κ1) is 102. The van der Waals surface area contributed by atoms with Crippen LogP contribution in [0.2, 0.25) is 0 Å². The number of hydrogen-bond acceptors (Lipinski definition) is 30. The van der Waals surface area contributed by atoms with E-state index in [2.05, 4.69) is 47.9 Å². The minimum atomic E-state index is -1.38. The molecule has 0 spiro atoms. The van der Waals surface area contributed by atoms with Gasteiger partial charge in [-0.05, 0) is 109 Å². The third-order valence-corrected chi connectivity index (χ3v) is 28.2. The topological polar surface area (TPSA) is 693 Å². The maximum Gasteiger partial charge on any atom is 0.322 e. The lowest BCUT2D eigenvalue weighted by molar-refractivity contribution is -0.148. The van der Waals surface area contributed by atoms with Crippen molar-refractivity contribution in [3.05, 3.63) is 0 Å². The molecule has 750 valence electrons. The third kappa shape index (κ3) is 23.5. The van der Waals surface area contributed by atoms with Crippen LogP contribution in [0.4, 0.5) is 0 Å². The third-order valence-electron chi connectivity index (χ3n) is 28.2. The number of nitrogens with zero attached hydrogens (tertiary/aromatic N) is 12. The zero-order chi connectivity index (χ0) is 97.9. The van der Waals surface area contributed by atoms with E-state index in [0.29, 0.717) is 64.3 Å². The molecule has 0 radical (unpaired) electrons. The summed E-state index contributed by atoms with van der Waals surface area (Å²) in [6, 6.07) is -16.4. The summed E-state index contributed by atoms with van der Waals surface area (Å²) in [5, 5.41) is 107. The Morgan fingerprint density at radius 1 is 0.279 bits per heavy atom. The SMILES string of the molecule is NCCCC[C@H](NC(=O)[C@@H]1C[C@@H](O)CN1C(=O)CNC(=O)[C@@H]1CCCN1C(=O)[C@@H]1C[C@@H](O)CN1C(=O)CNC(=O)[C@@H]1CCCN1C(=O)[C@@H]1C[C@@H](O)CN1C(=O)CNC(=O)[C@@H]1CCCN1C(=O)[C@@H]1C[C@@H](O)CN1C(=O)CNC(=O)[C@@H]1CCCN1C(=O)[C@@H]1C[C@@H](O)CN1C(=O)CNC(=O)[C@@H]1CCCN1C(=O)[C@@H]1C[C@@H](O)CN1)C(=O)NCC(=O)N1C[C@H](O)C[C@H]1C(=O)N1CCC[C@H]1C(=O)NCC(=O)O. The summed E-state index contributed by atoms with van der Waals surface area (Å²) in [6.45, 7) is -5.76. The number of aliphatic hydroxyl groups excluding tert-OH is 7. The Bertz CT molecular complexity index is 4590. The van der Waals surface area contributed by atoms with Gasteiger partial charge in [0.05, 0.1) is 88.0 Å². The quantitative estimate of drug-likeness (QED) is 0.0271. The summed E-state index contributed by atoms with van der Waals surface area (Å²) in [6.07, 6.45) is -5.17. The molecule has 0 unspecified atom stereocenters. The molecular formula is C85H126N22O29. The summed E-state index contributed by atoms with van der Waals surface area (Å²) in [4.78, 5) is 304. The predicted molar refractivity (Wildman–Crippen MR) is 461 cm³/mol. The number of carbonyl (C=O) groups is 21. The van der Waals surface area contributed by atoms with Crippen molar-refractivity contribution in [2.75, 3.05) is 137 Å². The van der Waals surface area contributed by atoms with E-state index in [1.807, 2.05) is 0 Å². The van der Waals surface area contributed by atoms with Gasteiger partial charge in [-0.2, -0.15) is 0 Å². The molecular weight excluding hydrogens is 1790 g/mol. The van der Waals surface area contributed by atoms with Gasteiger partial charge in [-0.15, -0.1) is 0 Å². The molecule has 21 atom stereocenters. The molecule has 0 aliphatic carbocycles. The predicted octanol–water partition coefficient (Wildman–Crippen LogP) is -14.1. The number of aliphatic hydroxyl groups is 7. The van der Waals surface area contributed by atoms with Crippen molar-refractivity contribution >= 4 is 124 Å². The molecule has 0 aromatic rings. The summed E-state index contributed by atoms with van der Waals surface area (Å²) in [5.41, 5.74) is 5.73. The number of nitrogens with two attached hydrogens (primary N) is 1. The number of β-amino-alcohol motifs (C(OH)–C–C–N with tert-alkyl or cyclic N) is 7. The molecule has 0 aromatic heterocycles. The molecule has 13 saturated heterocycles. The zero-order valence-electron chi connectivity index (χ0n) is 75.6. The summed E-state index contributed by atoms with van der Waals surface area (Å²) < 4.78 is 0. The van der Waals surface area contributed by atoms with Crippen molar-refractivity contribution < 1.29 is 142 Å². The number of nitrogens with one attached hydrogen (secondary N) is 9. The molecule has 0 saturated carbocycles. The van der Waals surface area contributed by atoms with Crippen molar-refractivity contribution in [1.29, 1.82) is 0 Å². The van der Waals surface area contributed by atoms with Crippen LogP contribution in [-0.2, 0) is 101 Å². The molecule has 51 nitrogen and oxygen atoms in total. The van der Waals surface area contributed by atoms with Crippen molar-refractivity contribution in [2.24, 2.45) is 5.73 Å². The fourth-order valence-corrected chi connectivity index (χ4v) is 21.4. The van der Waals surface area contributed by atoms with Gasteiger partial charge in [0.15, 0.2) is 0 Å². The van der Waals surface area contributed by atoms with Crippen molar-refractivity contribution in [3.8, 4) is 0 Å². The molecule has 13 rings (SSSR count). The van der Waals surface area contributed by atoms with Crippen molar-refractivity contribution in [2.45, 2.75) is 269 Å². The lowest BCUT2D eigenvalue weighted by atomic mass is 10.1. The van der Waals surface area contributed by atoms with Crippen LogP contribution in [0.5, 0.6) is 0 Å². The lowest BCUT2D eigenvalue weighted by Crippen LogP contribution is -2.57. The van der Waals surface area contributed by atoms with E-state index in [0.717, 1.165) is 29.4 Å². The van der Waals surface area contributed by atoms with Crippen LogP contribution in [0.15, 0.2) is 0 Å². The zero-order valence-corrected chi connectivity index (χ0v) is 75.6. The second-order valence-electron chi connectivity index (χ2n) is 37.5. The van der Waals surface area contributed by atoms with E-state index < -0.39 is 291 Å². The van der Waals surface area contributed by atoms with Gasteiger partial charge in [0.1, 0.15) is 85.1 Å². The molecule has 13 aliphatic heterocycles. The molecule has 19 N–H and O–H groups in total. The van der Waals surface area contributed by atoms with Crippen molar-refractivity contribution in [1.82, 2.24) is 107 Å². The molecule has 13 heterocycles. The molecule has 0 aromatic carbocycles. The first-order valence-corrected chi connectivity index (χ1v) is 47.2. The molecule has 51 heteroatoms. The van der Waals surface area contributed by atoms with E-state index in [-0.39, 0.29) is 174 Å². The van der Waals surface area contributed by atoms with E-state index in [1.165, 1.54) is 29.4 Å². The Labute approximate surface area is 780 Å². The standard InChI is InChI=1S/C85H126N22O29/c86-16-2-1-9-51(72(123)88-31-66(116)103-39-46(110)25-60(103)85(136)101-22-8-15-58(101)78(129)94-37-71(121)122)95-79(130)59-24-45(109)38-102(59)65(115)32-89-74(125)54-11-4-18-97(54)81(132)62-27-48(112)41-105(62)68(118)34-91-76(127)56-13-6-20-99(56)83(134)64-29-50(114)43-107(64)70(120)36-93-77(128)57-14-7-21-100(57)84(135)63-28-49(113)42-106(63)69(119)35-92-75(126)55-12-5-19-98(55)82(133)61-26-47(111)40-104(61)67(117)33-90-73(124)53-10-3-17-96(53)80(131)52-23-44(108)30-87-52/h44-64,87,108-114H,1-43,86H2,(H,88,123)(H,89,125)(H,90,124)(H,91,127)(H,92,126)(H,93,128)(H,94,129)(H,95,130)(H,121,122)/t44-,45-,46-,47-,48-,49-,50-,51+,52+,53+,54+,55+,56+,57+,58+,59+,60+,61+,62+,63+,64+/m1/s1. The lowest BCUT2D eigenvalue weighted by Gasteiger charge is -2.32. The van der Waals surface area contributed by atoms with E-state index in [9.17, 15) is 136 Å². The first-order chi connectivity index (χ1) is 64.9. The minimum absolute atomic E-state index is 0.00976. The van der Waals surface area contributed by atoms with Crippen LogP contribution in [-0.4, -0.2) is 489 Å². The van der Waals surface area contributed by atoms with E-state index in [4.69, 9.17) is 10.8 Å². The number of amides is 20. The smallest absolute Gasteiger partial charge is 0.322 e. The Morgan fingerprint density at radius 3 is 0.772 bits per heavy atom. The van der Waals surface area contributed by atoms with Gasteiger partial charge in [-0.25, -0.2) is 0 Å². The fourth-order valence-electron chi connectivity index (χ4n) is 21.4. The van der Waals surface area contributed by atoms with Crippen LogP contribution in [0.25, 0.3) is 0 Å². The first-order valence-electron chi connectivity index (χ1n) is 47.2.